The highest BCUT2D eigenvalue weighted by Crippen LogP contribution is 2.23. The minimum atomic E-state index is -0.347. The molecule has 2 heterocycles. The summed E-state index contributed by atoms with van der Waals surface area (Å²) in [5.74, 6) is 0.370. The molecule has 0 radical (unpaired) electrons. The number of thioether (sulfide) groups is 1. The number of carbonyl (C=O) groups is 2. The van der Waals surface area contributed by atoms with Gasteiger partial charge in [-0.25, -0.2) is 0 Å². The molecule has 2 rings (SSSR count). The highest BCUT2D eigenvalue weighted by molar-refractivity contribution is 8.01. The minimum absolute atomic E-state index is 0.0331. The molecule has 17 heavy (non-hydrogen) atoms. The van der Waals surface area contributed by atoms with Crippen molar-refractivity contribution in [2.75, 3.05) is 18.8 Å². The highest BCUT2D eigenvalue weighted by Gasteiger charge is 2.28. The Hall–Kier alpha value is -1.01. The molecule has 0 aliphatic carbocycles. The number of nitrogens with one attached hydrogen (secondary N) is 1. The number of thiophene rings is 1. The lowest BCUT2D eigenvalue weighted by Gasteiger charge is -2.32. The average molecular weight is 270 g/mol. The van der Waals surface area contributed by atoms with E-state index in [1.165, 1.54) is 11.8 Å². The molecule has 2 amide bonds. The molecule has 0 spiro atoms. The molecule has 0 saturated carbocycles. The van der Waals surface area contributed by atoms with E-state index >= 15 is 0 Å². The Bertz CT molecular complexity index is 406. The average Bonchev–Trinajstić information content (AvgIpc) is 2.82. The summed E-state index contributed by atoms with van der Waals surface area (Å²) in [6.07, 6.45) is 0. The summed E-state index contributed by atoms with van der Waals surface area (Å²) in [4.78, 5) is 25.1. The second kappa shape index (κ2) is 5.55. The molecule has 1 unspecified atom stereocenters. The second-order valence-electron chi connectivity index (χ2n) is 3.77. The van der Waals surface area contributed by atoms with Crippen LogP contribution in [0.15, 0.2) is 21.7 Å². The van der Waals surface area contributed by atoms with E-state index in [1.54, 1.807) is 23.2 Å². The van der Waals surface area contributed by atoms with E-state index in [1.807, 2.05) is 17.5 Å². The molecule has 1 N–H and O–H groups in total. The molecule has 92 valence electrons. The van der Waals surface area contributed by atoms with Gasteiger partial charge in [-0.2, -0.15) is 0 Å². The van der Waals surface area contributed by atoms with Gasteiger partial charge >= 0.3 is 0 Å². The number of nitrogens with zero attached hydrogens (tertiary/aromatic N) is 1. The van der Waals surface area contributed by atoms with Crippen molar-refractivity contribution in [1.29, 1.82) is 0 Å². The summed E-state index contributed by atoms with van der Waals surface area (Å²) < 4.78 is 1.13. The van der Waals surface area contributed by atoms with Crippen LogP contribution < -0.4 is 5.32 Å². The van der Waals surface area contributed by atoms with Crippen molar-refractivity contribution >= 4 is 34.9 Å². The van der Waals surface area contributed by atoms with Crippen molar-refractivity contribution in [2.45, 2.75) is 17.2 Å². The first kappa shape index (κ1) is 12.4. The van der Waals surface area contributed by atoms with E-state index in [-0.39, 0.29) is 17.9 Å². The van der Waals surface area contributed by atoms with Crippen LogP contribution in [0.1, 0.15) is 6.92 Å². The molecule has 1 saturated heterocycles. The van der Waals surface area contributed by atoms with E-state index in [2.05, 4.69) is 5.32 Å². The zero-order valence-corrected chi connectivity index (χ0v) is 11.1. The van der Waals surface area contributed by atoms with Crippen LogP contribution in [0.4, 0.5) is 0 Å². The Morgan fingerprint density at radius 3 is 3.24 bits per heavy atom. The molecule has 1 aliphatic heterocycles. The maximum absolute atomic E-state index is 12.0. The third-order valence-corrected chi connectivity index (χ3v) is 4.77. The van der Waals surface area contributed by atoms with Crippen LogP contribution >= 0.6 is 23.1 Å². The number of amides is 2. The van der Waals surface area contributed by atoms with Crippen molar-refractivity contribution in [3.63, 3.8) is 0 Å². The normalized spacial score (nSPS) is 20.2. The second-order valence-corrected chi connectivity index (χ2v) is 6.00. The Labute approximate surface area is 108 Å². The first-order valence-electron chi connectivity index (χ1n) is 5.42. The maximum atomic E-state index is 12.0. The molecule has 0 bridgehead atoms. The van der Waals surface area contributed by atoms with E-state index in [0.717, 1.165) is 4.21 Å². The maximum Gasteiger partial charge on any atom is 0.242 e. The third kappa shape index (κ3) is 3.01. The first-order chi connectivity index (χ1) is 8.18. The van der Waals surface area contributed by atoms with Crippen LogP contribution in [0.2, 0.25) is 0 Å². The molecule has 1 aliphatic rings. The van der Waals surface area contributed by atoms with Crippen LogP contribution in [0, 0.1) is 0 Å². The molecule has 6 heteroatoms. The summed E-state index contributed by atoms with van der Waals surface area (Å²) >= 11 is 3.15. The fourth-order valence-electron chi connectivity index (χ4n) is 1.68. The Balaban J connectivity index is 1.88. The summed E-state index contributed by atoms with van der Waals surface area (Å²) in [6.45, 7) is 2.93. The predicted molar refractivity (Wildman–Crippen MR) is 69.2 cm³/mol. The van der Waals surface area contributed by atoms with Crippen molar-refractivity contribution in [1.82, 2.24) is 10.2 Å². The van der Waals surface area contributed by atoms with E-state index in [4.69, 9.17) is 0 Å². The fraction of sp³-hybridized carbons (Fsp3) is 0.455. The van der Waals surface area contributed by atoms with Crippen LogP contribution in [-0.2, 0) is 9.59 Å². The van der Waals surface area contributed by atoms with Crippen LogP contribution in [-0.4, -0.2) is 41.6 Å². The summed E-state index contributed by atoms with van der Waals surface area (Å²) in [6, 6.07) is 3.61. The molecule has 4 nitrogen and oxygen atoms in total. The number of hydrogen-bond donors (Lipinski definition) is 1. The van der Waals surface area contributed by atoms with Gasteiger partial charge in [0, 0.05) is 13.1 Å². The van der Waals surface area contributed by atoms with Gasteiger partial charge in [0.15, 0.2) is 0 Å². The Morgan fingerprint density at radius 1 is 1.71 bits per heavy atom. The largest absolute Gasteiger partial charge is 0.353 e. The summed E-state index contributed by atoms with van der Waals surface area (Å²) in [5, 5.41) is 4.74. The van der Waals surface area contributed by atoms with Gasteiger partial charge in [0.2, 0.25) is 11.8 Å². The topological polar surface area (TPSA) is 49.4 Å². The third-order valence-electron chi connectivity index (χ3n) is 2.65. The summed E-state index contributed by atoms with van der Waals surface area (Å²) in [5.41, 5.74) is 0. The molecular formula is C11H14N2O2S2. The number of carbonyl (C=O) groups excluding carboxylic acids is 2. The molecule has 0 aromatic carbocycles. The van der Waals surface area contributed by atoms with Gasteiger partial charge < -0.3 is 10.2 Å². The van der Waals surface area contributed by atoms with Gasteiger partial charge in [0.25, 0.3) is 0 Å². The van der Waals surface area contributed by atoms with Crippen LogP contribution in [0.25, 0.3) is 0 Å². The molecule has 1 aromatic rings. The van der Waals surface area contributed by atoms with Gasteiger partial charge in [0.1, 0.15) is 6.04 Å². The van der Waals surface area contributed by atoms with Crippen molar-refractivity contribution in [3.05, 3.63) is 17.5 Å². The molecule has 1 aromatic heterocycles. The molecule has 1 atom stereocenters. The van der Waals surface area contributed by atoms with Gasteiger partial charge in [-0.15, -0.1) is 23.1 Å². The monoisotopic (exact) mass is 270 g/mol. The van der Waals surface area contributed by atoms with E-state index in [9.17, 15) is 9.59 Å². The Morgan fingerprint density at radius 2 is 2.53 bits per heavy atom. The van der Waals surface area contributed by atoms with E-state index < -0.39 is 0 Å². The number of hydrogen-bond acceptors (Lipinski definition) is 4. The van der Waals surface area contributed by atoms with Crippen molar-refractivity contribution in [3.8, 4) is 0 Å². The number of rotatable bonds is 3. The lowest BCUT2D eigenvalue weighted by molar-refractivity contribution is -0.140. The standard InChI is InChI=1S/C11H14N2O2S2/c1-8-11(15)12-4-5-13(8)9(14)7-17-10-3-2-6-16-10/h2-3,6,8H,4-5,7H2,1H3,(H,12,15). The Kier molecular flexibility index (Phi) is 4.06. The fourth-order valence-corrected chi connectivity index (χ4v) is 3.35. The van der Waals surface area contributed by atoms with Gasteiger partial charge in [-0.05, 0) is 18.4 Å². The van der Waals surface area contributed by atoms with Gasteiger partial charge in [-0.3, -0.25) is 9.59 Å². The first-order valence-corrected chi connectivity index (χ1v) is 7.28. The van der Waals surface area contributed by atoms with Crippen molar-refractivity contribution in [2.24, 2.45) is 0 Å². The van der Waals surface area contributed by atoms with Gasteiger partial charge in [0.05, 0.1) is 9.96 Å². The zero-order valence-electron chi connectivity index (χ0n) is 9.51. The summed E-state index contributed by atoms with van der Waals surface area (Å²) in [7, 11) is 0. The predicted octanol–water partition coefficient (Wildman–Crippen LogP) is 1.19. The highest BCUT2D eigenvalue weighted by atomic mass is 32.2. The smallest absolute Gasteiger partial charge is 0.242 e. The lowest BCUT2D eigenvalue weighted by Crippen LogP contribution is -2.56. The van der Waals surface area contributed by atoms with E-state index in [0.29, 0.717) is 18.8 Å². The van der Waals surface area contributed by atoms with Crippen LogP contribution in [0.3, 0.4) is 0 Å². The molecule has 1 fully saturated rings. The quantitative estimate of drug-likeness (QED) is 0.839. The van der Waals surface area contributed by atoms with Crippen LogP contribution in [0.5, 0.6) is 0 Å². The number of piperazine rings is 1. The SMILES string of the molecule is CC1C(=O)NCCN1C(=O)CSc1cccs1. The minimum Gasteiger partial charge on any atom is -0.353 e. The van der Waals surface area contributed by atoms with Gasteiger partial charge in [-0.1, -0.05) is 6.07 Å². The lowest BCUT2D eigenvalue weighted by atomic mass is 10.2. The zero-order chi connectivity index (χ0) is 12.3. The van der Waals surface area contributed by atoms with Crippen molar-refractivity contribution < 1.29 is 9.59 Å². The molecular weight excluding hydrogens is 256 g/mol.